The Morgan fingerprint density at radius 3 is 2.38 bits per heavy atom. The monoisotopic (exact) mass is 382 g/mol. The van der Waals surface area contributed by atoms with E-state index in [9.17, 15) is 18.5 Å². The smallest absolute Gasteiger partial charge is 0.289 e. The second-order valence-corrected chi connectivity index (χ2v) is 6.72. The van der Waals surface area contributed by atoms with E-state index in [4.69, 9.17) is 9.47 Å². The second-order valence-electron chi connectivity index (χ2n) is 4.12. The Morgan fingerprint density at radius 2 is 1.90 bits per heavy atom. The van der Waals surface area contributed by atoms with Crippen LogP contribution in [0.3, 0.4) is 0 Å². The van der Waals surface area contributed by atoms with Crippen molar-refractivity contribution >= 4 is 31.6 Å². The lowest BCUT2D eigenvalue weighted by molar-refractivity contribution is -0.387. The van der Waals surface area contributed by atoms with Crippen LogP contribution in [0.4, 0.5) is 5.69 Å². The largest absolute Gasteiger partial charge is 0.354 e. The van der Waals surface area contributed by atoms with E-state index in [1.54, 1.807) is 0 Å². The summed E-state index contributed by atoms with van der Waals surface area (Å²) in [6, 6.07) is 2.95. The number of rotatable bonds is 7. The first-order valence-corrected chi connectivity index (χ1v) is 8.02. The molecule has 0 saturated carbocycles. The number of halogens is 1. The van der Waals surface area contributed by atoms with Crippen LogP contribution >= 0.6 is 15.9 Å². The Bertz CT molecular complexity index is 617. The van der Waals surface area contributed by atoms with Crippen LogP contribution in [0.15, 0.2) is 27.6 Å². The number of nitrogens with one attached hydrogen (secondary N) is 1. The van der Waals surface area contributed by atoms with Crippen molar-refractivity contribution in [1.82, 2.24) is 4.72 Å². The van der Waals surface area contributed by atoms with Crippen molar-refractivity contribution in [1.29, 1.82) is 0 Å². The summed E-state index contributed by atoms with van der Waals surface area (Å²) in [6.45, 7) is 1.53. The van der Waals surface area contributed by atoms with Crippen LogP contribution in [0.1, 0.15) is 6.92 Å². The van der Waals surface area contributed by atoms with Crippen molar-refractivity contribution in [3.63, 3.8) is 0 Å². The summed E-state index contributed by atoms with van der Waals surface area (Å²) in [5.74, 6) is 0. The molecule has 1 N–H and O–H groups in total. The van der Waals surface area contributed by atoms with Gasteiger partial charge in [-0.2, -0.15) is 0 Å². The van der Waals surface area contributed by atoms with E-state index in [0.717, 1.165) is 6.07 Å². The van der Waals surface area contributed by atoms with Crippen LogP contribution in [0.25, 0.3) is 0 Å². The maximum absolute atomic E-state index is 12.3. The van der Waals surface area contributed by atoms with Gasteiger partial charge in [0.25, 0.3) is 5.69 Å². The molecule has 10 heteroatoms. The third-order valence-electron chi connectivity index (χ3n) is 2.62. The first kappa shape index (κ1) is 18.0. The van der Waals surface area contributed by atoms with Crippen molar-refractivity contribution < 1.29 is 22.8 Å². The Kier molecular flexibility index (Phi) is 6.23. The lowest BCUT2D eigenvalue weighted by Gasteiger charge is -2.21. The SMILES string of the molecule is COC(OC)C(C)NS(=O)(=O)c1cc(Br)ccc1[N+](=O)[O-]. The van der Waals surface area contributed by atoms with Gasteiger partial charge in [0.1, 0.15) is 0 Å². The fourth-order valence-electron chi connectivity index (χ4n) is 1.72. The number of ether oxygens (including phenoxy) is 2. The highest BCUT2D eigenvalue weighted by atomic mass is 79.9. The van der Waals surface area contributed by atoms with Crippen molar-refractivity contribution in [3.05, 3.63) is 32.8 Å². The standard InChI is InChI=1S/C11H15BrN2O6S/c1-7(11(19-2)20-3)13-21(17,18)10-6-8(12)4-5-9(10)14(15)16/h4-7,11,13H,1-3H3. The van der Waals surface area contributed by atoms with Crippen LogP contribution in [-0.2, 0) is 19.5 Å². The highest BCUT2D eigenvalue weighted by Gasteiger charge is 2.29. The van der Waals surface area contributed by atoms with Gasteiger partial charge in [0.2, 0.25) is 10.0 Å². The number of benzene rings is 1. The van der Waals surface area contributed by atoms with E-state index in [-0.39, 0.29) is 0 Å². The molecule has 0 amide bonds. The summed E-state index contributed by atoms with van der Waals surface area (Å²) < 4.78 is 37.2. The molecule has 1 rings (SSSR count). The maximum atomic E-state index is 12.3. The minimum Gasteiger partial charge on any atom is -0.354 e. The van der Waals surface area contributed by atoms with Gasteiger partial charge in [-0.15, -0.1) is 0 Å². The van der Waals surface area contributed by atoms with Gasteiger partial charge < -0.3 is 9.47 Å². The summed E-state index contributed by atoms with van der Waals surface area (Å²) in [7, 11) is -1.38. The Morgan fingerprint density at radius 1 is 1.33 bits per heavy atom. The average molecular weight is 383 g/mol. The molecular formula is C11H15BrN2O6S. The van der Waals surface area contributed by atoms with Gasteiger partial charge in [-0.25, -0.2) is 13.1 Å². The van der Waals surface area contributed by atoms with E-state index in [0.29, 0.717) is 4.47 Å². The molecular weight excluding hydrogens is 368 g/mol. The Balaban J connectivity index is 3.19. The zero-order valence-corrected chi connectivity index (χ0v) is 14.0. The van der Waals surface area contributed by atoms with E-state index in [2.05, 4.69) is 20.7 Å². The van der Waals surface area contributed by atoms with Crippen LogP contribution < -0.4 is 4.72 Å². The number of nitrogens with zero attached hydrogens (tertiary/aromatic N) is 1. The highest BCUT2D eigenvalue weighted by molar-refractivity contribution is 9.10. The third kappa shape index (κ3) is 4.45. The molecule has 21 heavy (non-hydrogen) atoms. The number of nitro benzene ring substituents is 1. The molecule has 118 valence electrons. The van der Waals surface area contributed by atoms with Gasteiger partial charge in [0.15, 0.2) is 11.2 Å². The molecule has 1 unspecified atom stereocenters. The minimum atomic E-state index is -4.10. The molecule has 0 radical (unpaired) electrons. The number of methoxy groups -OCH3 is 2. The van der Waals surface area contributed by atoms with E-state index < -0.39 is 37.9 Å². The predicted octanol–water partition coefficient (Wildman–Crippen LogP) is 1.64. The van der Waals surface area contributed by atoms with Crippen LogP contribution in [-0.4, -0.2) is 39.9 Å². The van der Waals surface area contributed by atoms with Gasteiger partial charge in [-0.05, 0) is 19.1 Å². The van der Waals surface area contributed by atoms with Crippen molar-refractivity contribution in [2.75, 3.05) is 14.2 Å². The van der Waals surface area contributed by atoms with Crippen molar-refractivity contribution in [3.8, 4) is 0 Å². The fraction of sp³-hybridized carbons (Fsp3) is 0.455. The zero-order chi connectivity index (χ0) is 16.2. The molecule has 0 bridgehead atoms. The van der Waals surface area contributed by atoms with Gasteiger partial charge in [0.05, 0.1) is 11.0 Å². The quantitative estimate of drug-likeness (QED) is 0.436. The third-order valence-corrected chi connectivity index (χ3v) is 4.70. The lowest BCUT2D eigenvalue weighted by atomic mass is 10.3. The van der Waals surface area contributed by atoms with Crippen LogP contribution in [0.5, 0.6) is 0 Å². The van der Waals surface area contributed by atoms with Crippen LogP contribution in [0.2, 0.25) is 0 Å². The molecule has 1 atom stereocenters. The molecule has 0 aliphatic heterocycles. The van der Waals surface area contributed by atoms with E-state index in [1.807, 2.05) is 0 Å². The topological polar surface area (TPSA) is 108 Å². The summed E-state index contributed by atoms with van der Waals surface area (Å²) >= 11 is 3.10. The first-order valence-electron chi connectivity index (χ1n) is 5.74. The summed E-state index contributed by atoms with van der Waals surface area (Å²) in [4.78, 5) is 9.78. The molecule has 0 heterocycles. The average Bonchev–Trinajstić information content (AvgIpc) is 2.39. The molecule has 0 aliphatic carbocycles. The van der Waals surface area contributed by atoms with Crippen molar-refractivity contribution in [2.45, 2.75) is 24.2 Å². The molecule has 1 aromatic carbocycles. The zero-order valence-electron chi connectivity index (χ0n) is 11.6. The van der Waals surface area contributed by atoms with Gasteiger partial charge in [-0.3, -0.25) is 10.1 Å². The Hall–Kier alpha value is -1.07. The second kappa shape index (κ2) is 7.27. The molecule has 1 aromatic rings. The van der Waals surface area contributed by atoms with Gasteiger partial charge in [0, 0.05) is 24.8 Å². The summed E-state index contributed by atoms with van der Waals surface area (Å²) in [6.07, 6.45) is -0.814. The normalized spacial score (nSPS) is 13.4. The fourth-order valence-corrected chi connectivity index (χ4v) is 3.66. The summed E-state index contributed by atoms with van der Waals surface area (Å²) in [5.41, 5.74) is -0.510. The molecule has 0 spiro atoms. The maximum Gasteiger partial charge on any atom is 0.289 e. The molecule has 0 saturated heterocycles. The molecule has 0 aliphatic rings. The van der Waals surface area contributed by atoms with E-state index >= 15 is 0 Å². The predicted molar refractivity (Wildman–Crippen MR) is 78.4 cm³/mol. The number of hydrogen-bond donors (Lipinski definition) is 1. The summed E-state index contributed by atoms with van der Waals surface area (Å²) in [5, 5.41) is 11.0. The molecule has 0 fully saturated rings. The molecule has 8 nitrogen and oxygen atoms in total. The van der Waals surface area contributed by atoms with Crippen LogP contribution in [0, 0.1) is 10.1 Å². The molecule has 0 aromatic heterocycles. The highest BCUT2D eigenvalue weighted by Crippen LogP contribution is 2.27. The lowest BCUT2D eigenvalue weighted by Crippen LogP contribution is -2.43. The Labute approximate surface area is 130 Å². The first-order chi connectivity index (χ1) is 9.72. The van der Waals surface area contributed by atoms with E-state index in [1.165, 1.54) is 33.3 Å². The number of hydrogen-bond acceptors (Lipinski definition) is 6. The van der Waals surface area contributed by atoms with Gasteiger partial charge in [-0.1, -0.05) is 15.9 Å². The number of nitro groups is 1. The van der Waals surface area contributed by atoms with Gasteiger partial charge >= 0.3 is 0 Å². The number of sulfonamides is 1. The minimum absolute atomic E-state index is 0.413. The van der Waals surface area contributed by atoms with Crippen molar-refractivity contribution in [2.24, 2.45) is 0 Å².